The van der Waals surface area contributed by atoms with Crippen LogP contribution in [-0.2, 0) is 10.8 Å². The molecule has 0 unspecified atom stereocenters. The van der Waals surface area contributed by atoms with Gasteiger partial charge in [0.15, 0.2) is 0 Å². The van der Waals surface area contributed by atoms with E-state index < -0.39 is 0 Å². The van der Waals surface area contributed by atoms with Crippen LogP contribution in [0.1, 0.15) is 52.7 Å². The number of anilines is 6. The molecule has 98 heavy (non-hydrogen) atoms. The molecule has 4 heterocycles. The number of ether oxygens (including phenoxy) is 2. The molecule has 0 atom stereocenters. The topological polar surface area (TPSA) is 24.9 Å². The minimum atomic E-state index is -0.291. The maximum Gasteiger partial charge on any atom is 0.256 e. The van der Waals surface area contributed by atoms with Gasteiger partial charge < -0.3 is 19.3 Å². The minimum absolute atomic E-state index is 0.275. The first-order valence-electron chi connectivity index (χ1n) is 34.4. The van der Waals surface area contributed by atoms with Crippen LogP contribution in [0.15, 0.2) is 315 Å². The predicted molar refractivity (Wildman–Crippen MR) is 414 cm³/mol. The molecule has 0 radical (unpaired) electrons. The van der Waals surface area contributed by atoms with Crippen LogP contribution in [0.25, 0.3) is 77.9 Å². The number of fused-ring (bicyclic) bond motifs is 8. The summed E-state index contributed by atoms with van der Waals surface area (Å²) >= 11 is 0. The fourth-order valence-corrected chi connectivity index (χ4v) is 15.9. The molecule has 6 heteroatoms. The summed E-state index contributed by atoms with van der Waals surface area (Å²) in [5.41, 5.74) is 30.9. The lowest BCUT2D eigenvalue weighted by Crippen LogP contribution is -2.63. The smallest absolute Gasteiger partial charge is 0.256 e. The van der Waals surface area contributed by atoms with Crippen LogP contribution in [0, 0.1) is 0 Å². The molecule has 466 valence electrons. The van der Waals surface area contributed by atoms with E-state index in [1.165, 1.54) is 22.1 Å². The van der Waals surface area contributed by atoms with Gasteiger partial charge in [0.1, 0.15) is 23.0 Å². The van der Waals surface area contributed by atoms with E-state index in [1.807, 2.05) is 0 Å². The lowest BCUT2D eigenvalue weighted by molar-refractivity contribution is 0.465. The highest BCUT2D eigenvalue weighted by atomic mass is 16.5. The van der Waals surface area contributed by atoms with Crippen molar-refractivity contribution in [2.45, 2.75) is 52.4 Å². The Labute approximate surface area is 575 Å². The van der Waals surface area contributed by atoms with E-state index in [0.717, 1.165) is 157 Å². The van der Waals surface area contributed by atoms with Crippen molar-refractivity contribution in [1.29, 1.82) is 0 Å². The lowest BCUT2D eigenvalue weighted by atomic mass is 9.30. The average Bonchev–Trinajstić information content (AvgIpc) is 0.688. The number of benzene rings is 14. The molecule has 4 aliphatic rings. The second-order valence-corrected chi connectivity index (χ2v) is 28.7. The van der Waals surface area contributed by atoms with Gasteiger partial charge in [0.2, 0.25) is 0 Å². The molecule has 4 nitrogen and oxygen atoms in total. The van der Waals surface area contributed by atoms with Gasteiger partial charge in [-0.3, -0.25) is 0 Å². The lowest BCUT2D eigenvalue weighted by Gasteiger charge is -2.45. The van der Waals surface area contributed by atoms with Crippen LogP contribution in [0.3, 0.4) is 0 Å². The van der Waals surface area contributed by atoms with E-state index in [0.29, 0.717) is 0 Å². The number of rotatable bonds is 9. The standard InChI is InChI=1S/C92H70B2N2O2/c1-91(2,3)68-54-80-85-82(56-68)97-89-76(93(85)74-50-48-66(59-30-14-7-15-31-59)52-78(74)95(80)87-70(61-34-18-9-19-35-61)44-28-45-71(87)62-36-20-10-21-37-62)58-77-90(84(89)65-42-26-13-27-43-65)98-83-57-69(92(4,5)6)55-81-86(83)94(77)75-51-49-67(60-32-16-8-17-33-60)53-79(75)96(81)88-72(63-38-22-11-23-39-63)46-29-47-73(88)64-40-24-12-25-41-64/h7-58H,1-6H3. The molecule has 18 rings (SSSR count). The number of hydrogen-bond acceptors (Lipinski definition) is 4. The molecule has 0 spiro atoms. The fraction of sp³-hybridized carbons (Fsp3) is 0.0870. The molecule has 14 aromatic rings. The van der Waals surface area contributed by atoms with E-state index in [-0.39, 0.29) is 24.3 Å². The second-order valence-electron chi connectivity index (χ2n) is 28.7. The zero-order valence-corrected chi connectivity index (χ0v) is 55.9. The second kappa shape index (κ2) is 23.1. The van der Waals surface area contributed by atoms with Crippen molar-refractivity contribution in [1.82, 2.24) is 0 Å². The Balaban J connectivity index is 0.958. The summed E-state index contributed by atoms with van der Waals surface area (Å²) in [4.78, 5) is 5.21. The number of hydrogen-bond donors (Lipinski definition) is 0. The van der Waals surface area contributed by atoms with Gasteiger partial charge in [0.25, 0.3) is 13.4 Å². The largest absolute Gasteiger partial charge is 0.458 e. The minimum Gasteiger partial charge on any atom is -0.458 e. The highest BCUT2D eigenvalue weighted by Crippen LogP contribution is 2.55. The van der Waals surface area contributed by atoms with Crippen LogP contribution in [0.5, 0.6) is 23.0 Å². The summed E-state index contributed by atoms with van der Waals surface area (Å²) in [5, 5.41) is 0. The van der Waals surface area contributed by atoms with E-state index >= 15 is 0 Å². The highest BCUT2D eigenvalue weighted by Gasteiger charge is 2.50. The van der Waals surface area contributed by atoms with Gasteiger partial charge in [-0.25, -0.2) is 0 Å². The molecular formula is C92H70B2N2O2. The SMILES string of the molecule is CC(C)(C)c1cc2c3c(c1)N(c1c(-c4ccccc4)cccc1-c1ccccc1)c1cc(-c4ccccc4)ccc1B3c1cc3c(c(-c4ccccc4)c1O2)Oc1cc(C(C)(C)C)cc2c1B3c1ccc(-c3ccccc3)cc1N2c1c(-c2ccccc2)cccc1-c1ccccc1. The summed E-state index contributed by atoms with van der Waals surface area (Å²) in [7, 11) is 0. The van der Waals surface area contributed by atoms with Crippen molar-refractivity contribution >= 4 is 80.3 Å². The molecule has 4 aliphatic heterocycles. The van der Waals surface area contributed by atoms with Gasteiger partial charge in [-0.1, -0.05) is 321 Å². The van der Waals surface area contributed by atoms with Crippen molar-refractivity contribution in [3.63, 3.8) is 0 Å². The third-order valence-corrected chi connectivity index (χ3v) is 20.7. The van der Waals surface area contributed by atoms with E-state index in [1.54, 1.807) is 0 Å². The van der Waals surface area contributed by atoms with Crippen molar-refractivity contribution in [3.8, 4) is 101 Å². The van der Waals surface area contributed by atoms with Gasteiger partial charge in [-0.05, 0) is 141 Å². The Hall–Kier alpha value is -11.6. The maximum atomic E-state index is 8.01. The molecule has 0 saturated carbocycles. The first kappa shape index (κ1) is 58.9. The third kappa shape index (κ3) is 9.67. The van der Waals surface area contributed by atoms with Crippen molar-refractivity contribution in [3.05, 3.63) is 327 Å². The molecule has 0 saturated heterocycles. The van der Waals surface area contributed by atoms with E-state index in [4.69, 9.17) is 9.47 Å². The normalized spacial score (nSPS) is 13.1. The van der Waals surface area contributed by atoms with Gasteiger partial charge in [-0.2, -0.15) is 0 Å². The maximum absolute atomic E-state index is 8.01. The number of para-hydroxylation sites is 2. The van der Waals surface area contributed by atoms with Gasteiger partial charge in [0, 0.05) is 45.0 Å². The van der Waals surface area contributed by atoms with Crippen LogP contribution >= 0.6 is 0 Å². The average molecular weight is 1260 g/mol. The molecule has 0 aromatic heterocycles. The summed E-state index contributed by atoms with van der Waals surface area (Å²) in [6.07, 6.45) is 0. The van der Waals surface area contributed by atoms with Crippen molar-refractivity contribution in [2.24, 2.45) is 0 Å². The first-order valence-corrected chi connectivity index (χ1v) is 34.4. The van der Waals surface area contributed by atoms with Gasteiger partial charge >= 0.3 is 0 Å². The molecule has 0 fully saturated rings. The molecular weight excluding hydrogens is 1190 g/mol. The van der Waals surface area contributed by atoms with Crippen LogP contribution in [-0.4, -0.2) is 13.4 Å². The van der Waals surface area contributed by atoms with E-state index in [2.05, 4.69) is 367 Å². The molecule has 0 bridgehead atoms. The molecule has 0 amide bonds. The third-order valence-electron chi connectivity index (χ3n) is 20.7. The molecule has 14 aromatic carbocycles. The summed E-state index contributed by atoms with van der Waals surface area (Å²) < 4.78 is 16.0. The van der Waals surface area contributed by atoms with Crippen LogP contribution < -0.4 is 52.1 Å². The monoisotopic (exact) mass is 1260 g/mol. The van der Waals surface area contributed by atoms with Gasteiger partial charge in [0.05, 0.1) is 16.9 Å². The Morgan fingerprint density at radius 3 is 0.878 bits per heavy atom. The van der Waals surface area contributed by atoms with Crippen molar-refractivity contribution < 1.29 is 9.47 Å². The van der Waals surface area contributed by atoms with Gasteiger partial charge in [-0.15, -0.1) is 0 Å². The molecule has 0 N–H and O–H groups in total. The van der Waals surface area contributed by atoms with E-state index in [9.17, 15) is 0 Å². The van der Waals surface area contributed by atoms with Crippen LogP contribution in [0.2, 0.25) is 0 Å². The zero-order chi connectivity index (χ0) is 66.0. The summed E-state index contributed by atoms with van der Waals surface area (Å²) in [6.45, 7) is 13.4. The predicted octanol–water partition coefficient (Wildman–Crippen LogP) is 20.8. The molecule has 0 aliphatic carbocycles. The summed E-state index contributed by atoms with van der Waals surface area (Å²) in [6, 6.07) is 117. The van der Waals surface area contributed by atoms with Crippen molar-refractivity contribution in [2.75, 3.05) is 9.80 Å². The Morgan fingerprint density at radius 2 is 0.561 bits per heavy atom. The highest BCUT2D eigenvalue weighted by molar-refractivity contribution is 7.02. The number of nitrogens with zero attached hydrogens (tertiary/aromatic N) is 2. The Kier molecular flexibility index (Phi) is 13.9. The first-order chi connectivity index (χ1) is 47.9. The quantitative estimate of drug-likeness (QED) is 0.135. The fourth-order valence-electron chi connectivity index (χ4n) is 15.9. The van der Waals surface area contributed by atoms with Crippen LogP contribution in [0.4, 0.5) is 34.1 Å². The Morgan fingerprint density at radius 1 is 0.255 bits per heavy atom. The summed E-state index contributed by atoms with van der Waals surface area (Å²) in [5.74, 6) is 3.30. The Bertz CT molecular complexity index is 5020. The zero-order valence-electron chi connectivity index (χ0n) is 55.9.